The van der Waals surface area contributed by atoms with Crippen molar-refractivity contribution < 1.29 is 4.74 Å². The van der Waals surface area contributed by atoms with Crippen molar-refractivity contribution in [1.82, 2.24) is 25.5 Å². The Morgan fingerprint density at radius 2 is 2.33 bits per heavy atom. The highest BCUT2D eigenvalue weighted by atomic mass is 32.2. The van der Waals surface area contributed by atoms with Crippen LogP contribution in [0.5, 0.6) is 0 Å². The summed E-state index contributed by atoms with van der Waals surface area (Å²) in [6.07, 6.45) is 4.62. The van der Waals surface area contributed by atoms with Gasteiger partial charge in [-0.3, -0.25) is 0 Å². The monoisotopic (exact) mass is 329 g/mol. The van der Waals surface area contributed by atoms with E-state index < -0.39 is 0 Å². The van der Waals surface area contributed by atoms with Gasteiger partial charge in [0.15, 0.2) is 0 Å². The number of hydrogen-bond acceptors (Lipinski definition) is 7. The normalized spacial score (nSPS) is 25.3. The molecule has 1 aromatic heterocycles. The number of thioether (sulfide) groups is 2. The van der Waals surface area contributed by atoms with E-state index >= 15 is 0 Å². The zero-order valence-electron chi connectivity index (χ0n) is 12.5. The molecule has 0 saturated carbocycles. The summed E-state index contributed by atoms with van der Waals surface area (Å²) in [5, 5.41) is 16.7. The molecule has 0 aromatic carbocycles. The summed E-state index contributed by atoms with van der Waals surface area (Å²) >= 11 is 3.88. The molecule has 1 atom stereocenters. The van der Waals surface area contributed by atoms with Crippen LogP contribution in [0.25, 0.3) is 0 Å². The first-order chi connectivity index (χ1) is 10.3. The van der Waals surface area contributed by atoms with E-state index in [0.29, 0.717) is 5.25 Å². The van der Waals surface area contributed by atoms with Gasteiger partial charge >= 0.3 is 0 Å². The molecular formula is C13H23N5OS2. The molecule has 3 rings (SSSR count). The van der Waals surface area contributed by atoms with E-state index in [9.17, 15) is 0 Å². The number of likely N-dealkylation sites (N-methyl/N-ethyl adjacent to an activating group) is 1. The van der Waals surface area contributed by atoms with Gasteiger partial charge in [-0.1, -0.05) is 11.8 Å². The average Bonchev–Trinajstić information content (AvgIpc) is 2.93. The van der Waals surface area contributed by atoms with Gasteiger partial charge in [0.05, 0.1) is 12.1 Å². The second kappa shape index (κ2) is 7.30. The smallest absolute Gasteiger partial charge is 0.209 e. The Morgan fingerprint density at radius 1 is 1.48 bits per heavy atom. The number of tetrazole rings is 1. The third kappa shape index (κ3) is 3.91. The van der Waals surface area contributed by atoms with Gasteiger partial charge in [-0.2, -0.15) is 11.8 Å². The maximum Gasteiger partial charge on any atom is 0.209 e. The summed E-state index contributed by atoms with van der Waals surface area (Å²) in [6.45, 7) is 2.57. The highest BCUT2D eigenvalue weighted by Crippen LogP contribution is 2.42. The predicted octanol–water partition coefficient (Wildman–Crippen LogP) is 1.43. The molecule has 8 heteroatoms. The molecule has 21 heavy (non-hydrogen) atoms. The standard InChI is InChI=1S/C13H23N5OS2/c1-14-5-6-18-12(15-16-17-18)21-11-2-7-19-13(10-11)3-8-20-9-4-13/h11,14H,2-10H2,1H3. The van der Waals surface area contributed by atoms with Crippen molar-refractivity contribution in [2.45, 2.75) is 48.2 Å². The predicted molar refractivity (Wildman–Crippen MR) is 85.9 cm³/mol. The Hall–Kier alpha value is -0.310. The van der Waals surface area contributed by atoms with Crippen molar-refractivity contribution in [1.29, 1.82) is 0 Å². The summed E-state index contributed by atoms with van der Waals surface area (Å²) in [4.78, 5) is 0. The lowest BCUT2D eigenvalue weighted by molar-refractivity contribution is -0.0805. The maximum atomic E-state index is 6.16. The van der Waals surface area contributed by atoms with Gasteiger partial charge in [0.25, 0.3) is 0 Å². The van der Waals surface area contributed by atoms with Crippen molar-refractivity contribution in [3.05, 3.63) is 0 Å². The van der Waals surface area contributed by atoms with Crippen LogP contribution in [-0.2, 0) is 11.3 Å². The third-order valence-electron chi connectivity index (χ3n) is 4.20. The largest absolute Gasteiger partial charge is 0.375 e. The quantitative estimate of drug-likeness (QED) is 0.876. The molecule has 1 spiro atoms. The van der Waals surface area contributed by atoms with Crippen LogP contribution in [0.15, 0.2) is 5.16 Å². The molecule has 2 aliphatic rings. The van der Waals surface area contributed by atoms with E-state index in [4.69, 9.17) is 4.74 Å². The molecule has 0 amide bonds. The minimum atomic E-state index is 0.129. The number of hydrogen-bond donors (Lipinski definition) is 1. The fourth-order valence-electron chi connectivity index (χ4n) is 2.96. The van der Waals surface area contributed by atoms with Crippen LogP contribution in [-0.4, -0.2) is 62.8 Å². The molecule has 2 aliphatic heterocycles. The second-order valence-electron chi connectivity index (χ2n) is 5.66. The number of nitrogens with zero attached hydrogens (tertiary/aromatic N) is 4. The van der Waals surface area contributed by atoms with Crippen molar-refractivity contribution in [3.8, 4) is 0 Å². The molecule has 3 heterocycles. The fraction of sp³-hybridized carbons (Fsp3) is 0.923. The van der Waals surface area contributed by atoms with E-state index in [1.165, 1.54) is 24.3 Å². The summed E-state index contributed by atoms with van der Waals surface area (Å²) in [6, 6.07) is 0. The number of nitrogens with one attached hydrogen (secondary N) is 1. The van der Waals surface area contributed by atoms with Crippen LogP contribution in [0, 0.1) is 0 Å². The molecule has 0 aliphatic carbocycles. The van der Waals surface area contributed by atoms with Gasteiger partial charge in [-0.05, 0) is 54.7 Å². The van der Waals surface area contributed by atoms with E-state index in [2.05, 4.69) is 32.6 Å². The van der Waals surface area contributed by atoms with Crippen molar-refractivity contribution in [2.24, 2.45) is 0 Å². The van der Waals surface area contributed by atoms with Gasteiger partial charge in [-0.25, -0.2) is 4.68 Å². The molecule has 2 fully saturated rings. The van der Waals surface area contributed by atoms with Gasteiger partial charge in [0.1, 0.15) is 0 Å². The minimum absolute atomic E-state index is 0.129. The molecule has 1 N–H and O–H groups in total. The SMILES string of the molecule is CNCCn1nnnc1SC1CCOC2(CCSCC2)C1. The highest BCUT2D eigenvalue weighted by Gasteiger charge is 2.39. The van der Waals surface area contributed by atoms with Crippen molar-refractivity contribution in [2.75, 3.05) is 31.7 Å². The fourth-order valence-corrected chi connectivity index (χ4v) is 5.43. The third-order valence-corrected chi connectivity index (χ3v) is 6.42. The number of aromatic nitrogens is 4. The Bertz CT molecular complexity index is 444. The van der Waals surface area contributed by atoms with Crippen LogP contribution >= 0.6 is 23.5 Å². The molecule has 118 valence electrons. The van der Waals surface area contributed by atoms with E-state index in [-0.39, 0.29) is 5.60 Å². The Labute approximate surface area is 134 Å². The van der Waals surface area contributed by atoms with Crippen LogP contribution in [0.1, 0.15) is 25.7 Å². The van der Waals surface area contributed by atoms with Crippen LogP contribution < -0.4 is 5.32 Å². The van der Waals surface area contributed by atoms with E-state index in [1.54, 1.807) is 0 Å². The van der Waals surface area contributed by atoms with Crippen LogP contribution in [0.4, 0.5) is 0 Å². The second-order valence-corrected chi connectivity index (χ2v) is 8.16. The lowest BCUT2D eigenvalue weighted by atomic mass is 9.88. The molecule has 2 saturated heterocycles. The minimum Gasteiger partial charge on any atom is -0.375 e. The van der Waals surface area contributed by atoms with Gasteiger partial charge < -0.3 is 10.1 Å². The van der Waals surface area contributed by atoms with Crippen molar-refractivity contribution in [3.63, 3.8) is 0 Å². The molecular weight excluding hydrogens is 306 g/mol. The van der Waals surface area contributed by atoms with E-state index in [1.807, 2.05) is 23.5 Å². The van der Waals surface area contributed by atoms with E-state index in [0.717, 1.165) is 37.7 Å². The molecule has 1 aromatic rings. The molecule has 6 nitrogen and oxygen atoms in total. The molecule has 1 unspecified atom stereocenters. The first-order valence-electron chi connectivity index (χ1n) is 7.60. The lowest BCUT2D eigenvalue weighted by Crippen LogP contribution is -2.43. The summed E-state index contributed by atoms with van der Waals surface area (Å²) < 4.78 is 8.06. The topological polar surface area (TPSA) is 64.9 Å². The number of ether oxygens (including phenoxy) is 1. The van der Waals surface area contributed by atoms with Gasteiger partial charge in [0, 0.05) is 18.4 Å². The first kappa shape index (κ1) is 15.6. The maximum absolute atomic E-state index is 6.16. The molecule has 0 bridgehead atoms. The Kier molecular flexibility index (Phi) is 5.42. The van der Waals surface area contributed by atoms with Gasteiger partial charge in [-0.15, -0.1) is 5.10 Å². The van der Waals surface area contributed by atoms with Crippen molar-refractivity contribution >= 4 is 23.5 Å². The van der Waals surface area contributed by atoms with Crippen LogP contribution in [0.2, 0.25) is 0 Å². The Balaban J connectivity index is 1.60. The first-order valence-corrected chi connectivity index (χ1v) is 9.64. The summed E-state index contributed by atoms with van der Waals surface area (Å²) in [5.41, 5.74) is 0.129. The zero-order valence-corrected chi connectivity index (χ0v) is 14.1. The van der Waals surface area contributed by atoms with Crippen LogP contribution in [0.3, 0.4) is 0 Å². The molecule has 0 radical (unpaired) electrons. The summed E-state index contributed by atoms with van der Waals surface area (Å²) in [7, 11) is 1.94. The average molecular weight is 329 g/mol. The Morgan fingerprint density at radius 3 is 3.14 bits per heavy atom. The van der Waals surface area contributed by atoms with Gasteiger partial charge in [0.2, 0.25) is 5.16 Å². The lowest BCUT2D eigenvalue weighted by Gasteiger charge is -2.42. The highest BCUT2D eigenvalue weighted by molar-refractivity contribution is 7.99. The summed E-state index contributed by atoms with van der Waals surface area (Å²) in [5.74, 6) is 2.47. The number of rotatable bonds is 5. The zero-order chi connectivity index (χ0) is 14.5.